The molecule has 0 N–H and O–H groups in total. The average molecular weight is 224 g/mol. The minimum absolute atomic E-state index is 0. The van der Waals surface area contributed by atoms with E-state index in [9.17, 15) is 8.42 Å². The third kappa shape index (κ3) is 3.93. The fourth-order valence-electron chi connectivity index (χ4n) is 0.732. The molecule has 1 rings (SSSR count). The second-order valence-electron chi connectivity index (χ2n) is 2.03. The van der Waals surface area contributed by atoms with Crippen molar-refractivity contribution in [2.45, 2.75) is 4.90 Å². The van der Waals surface area contributed by atoms with Crippen molar-refractivity contribution in [3.8, 4) is 0 Å². The van der Waals surface area contributed by atoms with E-state index in [1.165, 1.54) is 12.1 Å². The van der Waals surface area contributed by atoms with Crippen molar-refractivity contribution in [3.05, 3.63) is 43.2 Å². The van der Waals surface area contributed by atoms with Gasteiger partial charge in [0.05, 0.1) is 6.26 Å². The maximum atomic E-state index is 11.1. The van der Waals surface area contributed by atoms with Gasteiger partial charge in [-0.05, 0) is 12.1 Å². The van der Waals surface area contributed by atoms with E-state index in [0.29, 0.717) is 0 Å². The molecule has 1 aromatic carbocycles. The van der Waals surface area contributed by atoms with Crippen molar-refractivity contribution in [1.82, 2.24) is 0 Å². The van der Waals surface area contributed by atoms with Crippen LogP contribution in [0.4, 0.5) is 0 Å². The molecule has 0 saturated heterocycles. The summed E-state index contributed by atoms with van der Waals surface area (Å²) in [5.74, 6) is 0. The molecule has 0 aromatic heterocycles. The van der Waals surface area contributed by atoms with Crippen LogP contribution < -0.4 is 0 Å². The van der Waals surface area contributed by atoms with Gasteiger partial charge in [-0.15, -0.1) is 0 Å². The summed E-state index contributed by atoms with van der Waals surface area (Å²) in [7, 11) is -3.63. The van der Waals surface area contributed by atoms with E-state index in [0.717, 1.165) is 6.26 Å². The van der Waals surface area contributed by atoms with Gasteiger partial charge in [-0.2, -0.15) is 8.42 Å². The molecule has 3 nitrogen and oxygen atoms in total. The van der Waals surface area contributed by atoms with Crippen molar-refractivity contribution in [2.24, 2.45) is 0 Å². The summed E-state index contributed by atoms with van der Waals surface area (Å²) in [6.07, 6.45) is 0.891. The fraction of sp³-hybridized carbons (Fsp3) is 0. The zero-order valence-electron chi connectivity index (χ0n) is 6.30. The third-order valence-corrected chi connectivity index (χ3v) is 2.47. The first-order valence-electron chi connectivity index (χ1n) is 3.26. The molecule has 0 spiro atoms. The first kappa shape index (κ1) is 13.3. The third-order valence-electron chi connectivity index (χ3n) is 1.23. The van der Waals surface area contributed by atoms with Crippen LogP contribution in [0.1, 0.15) is 0 Å². The molecule has 0 saturated carbocycles. The van der Waals surface area contributed by atoms with Gasteiger partial charge >= 0.3 is 61.5 Å². The molecule has 1 aromatic rings. The van der Waals surface area contributed by atoms with Crippen LogP contribution in [0, 0.1) is 0 Å². The Morgan fingerprint density at radius 2 is 1.77 bits per heavy atom. The average Bonchev–Trinajstić information content (AvgIpc) is 2.06. The molecule has 5 heteroatoms. The molecular weight excluding hydrogens is 215 g/mol. The van der Waals surface area contributed by atoms with Crippen LogP contribution in [0.25, 0.3) is 0 Å². The summed E-state index contributed by atoms with van der Waals surface area (Å²) < 4.78 is 26.6. The predicted molar refractivity (Wildman–Crippen MR) is 52.1 cm³/mol. The summed E-state index contributed by atoms with van der Waals surface area (Å²) in [6.45, 7) is 3.17. The molecule has 13 heavy (non-hydrogen) atoms. The normalized spacial score (nSPS) is 9.85. The molecule has 0 aliphatic rings. The Bertz CT molecular complexity index is 358. The van der Waals surface area contributed by atoms with Crippen molar-refractivity contribution in [3.63, 3.8) is 0 Å². The molecule has 0 atom stereocenters. The second-order valence-corrected chi connectivity index (χ2v) is 3.60. The second kappa shape index (κ2) is 5.95. The van der Waals surface area contributed by atoms with Crippen molar-refractivity contribution in [1.29, 1.82) is 0 Å². The monoisotopic (exact) mass is 224 g/mol. The van der Waals surface area contributed by atoms with Crippen LogP contribution in [0.2, 0.25) is 0 Å². The molecule has 0 unspecified atom stereocenters. The van der Waals surface area contributed by atoms with E-state index < -0.39 is 10.1 Å². The van der Waals surface area contributed by atoms with E-state index in [2.05, 4.69) is 10.8 Å². The quantitative estimate of drug-likeness (QED) is 0.435. The molecule has 0 radical (unpaired) electrons. The fourth-order valence-corrected chi connectivity index (χ4v) is 1.51. The number of rotatable bonds is 3. The first-order chi connectivity index (χ1) is 5.67. The van der Waals surface area contributed by atoms with Crippen molar-refractivity contribution < 1.29 is 12.6 Å². The van der Waals surface area contributed by atoms with Crippen LogP contribution in [0.15, 0.2) is 48.1 Å². The molecule has 0 bridgehead atoms. The molecule has 0 fully saturated rings. The summed E-state index contributed by atoms with van der Waals surface area (Å²) in [5, 5.41) is 0. The van der Waals surface area contributed by atoms with Gasteiger partial charge in [0.25, 0.3) is 0 Å². The Balaban J connectivity index is 0.00000144. The Kier molecular flexibility index (Phi) is 6.11. The van der Waals surface area contributed by atoms with Gasteiger partial charge in [0, 0.05) is 0 Å². The van der Waals surface area contributed by atoms with Gasteiger partial charge in [0.2, 0.25) is 0 Å². The minimum atomic E-state index is -3.63. The van der Waals surface area contributed by atoms with Crippen LogP contribution >= 0.6 is 0 Å². The van der Waals surface area contributed by atoms with Gasteiger partial charge < -0.3 is 4.18 Å². The maximum absolute atomic E-state index is 11.1. The molecular formula is C8H9KO3S. The van der Waals surface area contributed by atoms with Gasteiger partial charge in [-0.3, -0.25) is 0 Å². The van der Waals surface area contributed by atoms with Gasteiger partial charge in [0.1, 0.15) is 4.90 Å². The Hall–Kier alpha value is 0.346. The molecule has 0 aliphatic heterocycles. The SMILES string of the molecule is C=COS(=O)(=O)c1ccccc1.[KH]. The topological polar surface area (TPSA) is 43.4 Å². The predicted octanol–water partition coefficient (Wildman–Crippen LogP) is 0.887. The van der Waals surface area contributed by atoms with Gasteiger partial charge in [-0.25, -0.2) is 0 Å². The summed E-state index contributed by atoms with van der Waals surface area (Å²) >= 11 is 0. The van der Waals surface area contributed by atoms with Crippen molar-refractivity contribution in [2.75, 3.05) is 0 Å². The Morgan fingerprint density at radius 3 is 2.23 bits per heavy atom. The summed E-state index contributed by atoms with van der Waals surface area (Å²) in [4.78, 5) is 0.130. The van der Waals surface area contributed by atoms with Crippen LogP contribution in [-0.4, -0.2) is 59.8 Å². The Morgan fingerprint density at radius 1 is 1.23 bits per heavy atom. The molecule has 0 heterocycles. The number of hydrogen-bond acceptors (Lipinski definition) is 3. The van der Waals surface area contributed by atoms with E-state index in [1.807, 2.05) is 0 Å². The summed E-state index contributed by atoms with van der Waals surface area (Å²) in [6, 6.07) is 7.89. The summed E-state index contributed by atoms with van der Waals surface area (Å²) in [5.41, 5.74) is 0. The van der Waals surface area contributed by atoms with Crippen LogP contribution in [-0.2, 0) is 14.3 Å². The van der Waals surface area contributed by atoms with Gasteiger partial charge in [0.15, 0.2) is 0 Å². The van der Waals surface area contributed by atoms with Crippen LogP contribution in [0.5, 0.6) is 0 Å². The molecule has 66 valence electrons. The Labute approximate surface area is 120 Å². The molecule has 0 aliphatic carbocycles. The van der Waals surface area contributed by atoms with Crippen LogP contribution in [0.3, 0.4) is 0 Å². The first-order valence-corrected chi connectivity index (χ1v) is 4.67. The van der Waals surface area contributed by atoms with Crippen molar-refractivity contribution >= 4 is 61.5 Å². The van der Waals surface area contributed by atoms with E-state index in [4.69, 9.17) is 0 Å². The van der Waals surface area contributed by atoms with E-state index in [-0.39, 0.29) is 56.3 Å². The zero-order chi connectivity index (χ0) is 9.03. The standard InChI is InChI=1S/C8H8O3S.K.H/c1-2-11-12(9,10)8-6-4-3-5-7-8;;/h2-7H,1H2;;. The van der Waals surface area contributed by atoms with E-state index >= 15 is 0 Å². The zero-order valence-corrected chi connectivity index (χ0v) is 7.12. The number of benzene rings is 1. The van der Waals surface area contributed by atoms with E-state index in [1.54, 1.807) is 18.2 Å². The van der Waals surface area contributed by atoms with Gasteiger partial charge in [-0.1, -0.05) is 24.8 Å². The number of hydrogen-bond donors (Lipinski definition) is 0. The molecule has 0 amide bonds.